The Labute approximate surface area is 102 Å². The molecular formula is C15H16N2. The Morgan fingerprint density at radius 3 is 2.59 bits per heavy atom. The SMILES string of the molecule is CC1=CC(c2ccc(N(C)C)cc2C#N)C=C1. The smallest absolute Gasteiger partial charge is 0.0995 e. The molecule has 0 saturated heterocycles. The lowest BCUT2D eigenvalue weighted by atomic mass is 9.95. The van der Waals surface area contributed by atoms with Gasteiger partial charge >= 0.3 is 0 Å². The number of hydrogen-bond donors (Lipinski definition) is 0. The van der Waals surface area contributed by atoms with E-state index in [9.17, 15) is 5.26 Å². The molecule has 0 bridgehead atoms. The lowest BCUT2D eigenvalue weighted by Gasteiger charge is -2.15. The summed E-state index contributed by atoms with van der Waals surface area (Å²) in [5.41, 5.74) is 4.17. The highest BCUT2D eigenvalue weighted by Gasteiger charge is 2.14. The molecule has 1 atom stereocenters. The average Bonchev–Trinajstić information content (AvgIpc) is 2.74. The molecular weight excluding hydrogens is 208 g/mol. The summed E-state index contributed by atoms with van der Waals surface area (Å²) in [6.07, 6.45) is 6.43. The Morgan fingerprint density at radius 2 is 2.06 bits per heavy atom. The third-order valence-corrected chi connectivity index (χ3v) is 3.04. The minimum Gasteiger partial charge on any atom is -0.378 e. The molecule has 17 heavy (non-hydrogen) atoms. The Bertz CT molecular complexity index is 530. The van der Waals surface area contributed by atoms with Crippen molar-refractivity contribution in [2.45, 2.75) is 12.8 Å². The monoisotopic (exact) mass is 224 g/mol. The van der Waals surface area contributed by atoms with Gasteiger partial charge in [0.1, 0.15) is 0 Å². The Balaban J connectivity index is 2.43. The van der Waals surface area contributed by atoms with Gasteiger partial charge in [0, 0.05) is 25.7 Å². The number of nitriles is 1. The number of rotatable bonds is 2. The first-order valence-corrected chi connectivity index (χ1v) is 5.70. The summed E-state index contributed by atoms with van der Waals surface area (Å²) in [7, 11) is 3.96. The van der Waals surface area contributed by atoms with Gasteiger partial charge in [0.2, 0.25) is 0 Å². The molecule has 1 aromatic rings. The van der Waals surface area contributed by atoms with E-state index in [-0.39, 0.29) is 5.92 Å². The zero-order valence-electron chi connectivity index (χ0n) is 10.4. The fourth-order valence-electron chi connectivity index (χ4n) is 2.05. The second-order valence-corrected chi connectivity index (χ2v) is 4.57. The molecule has 1 aromatic carbocycles. The predicted octanol–water partition coefficient (Wildman–Crippen LogP) is 3.22. The fourth-order valence-corrected chi connectivity index (χ4v) is 2.05. The standard InChI is InChI=1S/C15H16N2/c1-11-4-5-12(8-11)15-7-6-14(17(2)3)9-13(15)10-16/h4-9,12H,1-3H3. The number of hydrogen-bond acceptors (Lipinski definition) is 2. The highest BCUT2D eigenvalue weighted by atomic mass is 15.1. The molecule has 86 valence electrons. The van der Waals surface area contributed by atoms with Gasteiger partial charge in [-0.3, -0.25) is 0 Å². The molecule has 0 heterocycles. The van der Waals surface area contributed by atoms with Crippen molar-refractivity contribution in [3.05, 3.63) is 53.1 Å². The van der Waals surface area contributed by atoms with E-state index in [0.29, 0.717) is 0 Å². The minimum atomic E-state index is 0.251. The van der Waals surface area contributed by atoms with E-state index >= 15 is 0 Å². The summed E-state index contributed by atoms with van der Waals surface area (Å²) in [6, 6.07) is 8.36. The summed E-state index contributed by atoms with van der Waals surface area (Å²) in [5, 5.41) is 9.24. The third-order valence-electron chi connectivity index (χ3n) is 3.04. The first-order chi connectivity index (χ1) is 8.11. The van der Waals surface area contributed by atoms with Crippen LogP contribution in [0.15, 0.2) is 42.0 Å². The molecule has 1 aliphatic rings. The average molecular weight is 224 g/mol. The maximum absolute atomic E-state index is 9.24. The highest BCUT2D eigenvalue weighted by molar-refractivity contribution is 5.57. The van der Waals surface area contributed by atoms with Gasteiger partial charge in [0.25, 0.3) is 0 Å². The summed E-state index contributed by atoms with van der Waals surface area (Å²) in [6.45, 7) is 2.08. The molecule has 0 radical (unpaired) electrons. The molecule has 2 heteroatoms. The van der Waals surface area contributed by atoms with E-state index in [4.69, 9.17) is 0 Å². The summed E-state index contributed by atoms with van der Waals surface area (Å²) in [4.78, 5) is 2.01. The summed E-state index contributed by atoms with van der Waals surface area (Å²) < 4.78 is 0. The molecule has 0 amide bonds. The van der Waals surface area contributed by atoms with Crippen LogP contribution in [0, 0.1) is 11.3 Å². The van der Waals surface area contributed by atoms with E-state index in [1.165, 1.54) is 5.57 Å². The zero-order chi connectivity index (χ0) is 12.4. The van der Waals surface area contributed by atoms with E-state index in [2.05, 4.69) is 43.4 Å². The summed E-state index contributed by atoms with van der Waals surface area (Å²) >= 11 is 0. The number of allylic oxidation sites excluding steroid dienone is 4. The van der Waals surface area contributed by atoms with Gasteiger partial charge in [-0.2, -0.15) is 5.26 Å². The number of benzene rings is 1. The van der Waals surface area contributed by atoms with Crippen LogP contribution in [0.5, 0.6) is 0 Å². The second kappa shape index (κ2) is 4.47. The molecule has 2 rings (SSSR count). The van der Waals surface area contributed by atoms with E-state index in [0.717, 1.165) is 16.8 Å². The molecule has 0 aromatic heterocycles. The van der Waals surface area contributed by atoms with Crippen LogP contribution in [0.4, 0.5) is 5.69 Å². The molecule has 0 aliphatic heterocycles. The van der Waals surface area contributed by atoms with E-state index in [1.807, 2.05) is 25.1 Å². The van der Waals surface area contributed by atoms with Crippen LogP contribution in [0.25, 0.3) is 0 Å². The maximum Gasteiger partial charge on any atom is 0.0995 e. The van der Waals surface area contributed by atoms with Gasteiger partial charge in [-0.15, -0.1) is 0 Å². The molecule has 0 fully saturated rings. The van der Waals surface area contributed by atoms with Crippen molar-refractivity contribution < 1.29 is 0 Å². The van der Waals surface area contributed by atoms with Gasteiger partial charge in [0.05, 0.1) is 11.6 Å². The van der Waals surface area contributed by atoms with E-state index < -0.39 is 0 Å². The first kappa shape index (κ1) is 11.5. The Hall–Kier alpha value is -2.01. The van der Waals surface area contributed by atoms with Crippen LogP contribution in [0.1, 0.15) is 24.0 Å². The molecule has 0 saturated carbocycles. The molecule has 1 unspecified atom stereocenters. The first-order valence-electron chi connectivity index (χ1n) is 5.70. The quantitative estimate of drug-likeness (QED) is 0.771. The normalized spacial score (nSPS) is 17.8. The van der Waals surface area contributed by atoms with Gasteiger partial charge in [-0.1, -0.05) is 29.9 Å². The van der Waals surface area contributed by atoms with Crippen molar-refractivity contribution in [1.82, 2.24) is 0 Å². The molecule has 1 aliphatic carbocycles. The molecule has 0 N–H and O–H groups in total. The van der Waals surface area contributed by atoms with Gasteiger partial charge in [-0.05, 0) is 24.6 Å². The lowest BCUT2D eigenvalue weighted by Crippen LogP contribution is -2.09. The number of nitrogens with zero attached hydrogens (tertiary/aromatic N) is 2. The highest BCUT2D eigenvalue weighted by Crippen LogP contribution is 2.30. The van der Waals surface area contributed by atoms with Crippen LogP contribution < -0.4 is 4.90 Å². The topological polar surface area (TPSA) is 27.0 Å². The van der Waals surface area contributed by atoms with Crippen LogP contribution in [0.3, 0.4) is 0 Å². The fraction of sp³-hybridized carbons (Fsp3) is 0.267. The van der Waals surface area contributed by atoms with Crippen molar-refractivity contribution in [1.29, 1.82) is 5.26 Å². The van der Waals surface area contributed by atoms with Crippen molar-refractivity contribution in [2.75, 3.05) is 19.0 Å². The predicted molar refractivity (Wildman–Crippen MR) is 71.1 cm³/mol. The van der Waals surface area contributed by atoms with Crippen LogP contribution in [-0.4, -0.2) is 14.1 Å². The maximum atomic E-state index is 9.24. The van der Waals surface area contributed by atoms with Gasteiger partial charge in [0.15, 0.2) is 0 Å². The van der Waals surface area contributed by atoms with Crippen LogP contribution in [-0.2, 0) is 0 Å². The second-order valence-electron chi connectivity index (χ2n) is 4.57. The summed E-state index contributed by atoms with van der Waals surface area (Å²) in [5.74, 6) is 0.251. The molecule has 0 spiro atoms. The van der Waals surface area contributed by atoms with Crippen LogP contribution in [0.2, 0.25) is 0 Å². The zero-order valence-corrected chi connectivity index (χ0v) is 10.4. The molecule has 2 nitrogen and oxygen atoms in total. The van der Waals surface area contributed by atoms with Gasteiger partial charge < -0.3 is 4.90 Å². The minimum absolute atomic E-state index is 0.251. The lowest BCUT2D eigenvalue weighted by molar-refractivity contribution is 1.07. The van der Waals surface area contributed by atoms with Crippen molar-refractivity contribution in [3.8, 4) is 6.07 Å². The van der Waals surface area contributed by atoms with Crippen molar-refractivity contribution >= 4 is 5.69 Å². The Kier molecular flexibility index (Phi) is 3.01. The Morgan fingerprint density at radius 1 is 1.29 bits per heavy atom. The van der Waals surface area contributed by atoms with Gasteiger partial charge in [-0.25, -0.2) is 0 Å². The third kappa shape index (κ3) is 2.24. The van der Waals surface area contributed by atoms with Crippen molar-refractivity contribution in [2.24, 2.45) is 0 Å². The van der Waals surface area contributed by atoms with Crippen LogP contribution >= 0.6 is 0 Å². The number of anilines is 1. The van der Waals surface area contributed by atoms with Crippen molar-refractivity contribution in [3.63, 3.8) is 0 Å². The van der Waals surface area contributed by atoms with E-state index in [1.54, 1.807) is 0 Å². The largest absolute Gasteiger partial charge is 0.378 e.